The van der Waals surface area contributed by atoms with Crippen molar-refractivity contribution in [2.45, 2.75) is 37.5 Å². The second-order valence-corrected chi connectivity index (χ2v) is 8.55. The third-order valence-corrected chi connectivity index (χ3v) is 6.13. The van der Waals surface area contributed by atoms with Gasteiger partial charge in [-0.05, 0) is 50.0 Å². The molecule has 10 heteroatoms. The van der Waals surface area contributed by atoms with Crippen LogP contribution in [0.4, 0.5) is 16.2 Å². The Morgan fingerprint density at radius 3 is 2.59 bits per heavy atom. The predicted octanol–water partition coefficient (Wildman–Crippen LogP) is 3.38. The maximum absolute atomic E-state index is 13.9. The Hall–Kier alpha value is -3.33. The van der Waals surface area contributed by atoms with Crippen molar-refractivity contribution in [2.75, 3.05) is 24.3 Å². The number of ether oxygens (including phenoxy) is 1. The number of anilines is 2. The second-order valence-electron chi connectivity index (χ2n) is 8.55. The topological polar surface area (TPSA) is 105 Å². The van der Waals surface area contributed by atoms with Gasteiger partial charge >= 0.3 is 0 Å². The number of rotatable bonds is 7. The largest absolute Gasteiger partial charge is 0.463 e. The maximum Gasteiger partial charge on any atom is 0.250 e. The summed E-state index contributed by atoms with van der Waals surface area (Å²) in [6, 6.07) is 9.54. The van der Waals surface area contributed by atoms with E-state index in [1.807, 2.05) is 30.3 Å². The van der Waals surface area contributed by atoms with Crippen molar-refractivity contribution in [1.82, 2.24) is 15.3 Å². The number of carbonyl (C=O) groups is 1. The summed E-state index contributed by atoms with van der Waals surface area (Å²) < 4.78 is 20.4. The van der Waals surface area contributed by atoms with Crippen LogP contribution < -0.4 is 26.0 Å². The van der Waals surface area contributed by atoms with Crippen LogP contribution in [0.5, 0.6) is 5.75 Å². The van der Waals surface area contributed by atoms with Gasteiger partial charge in [0.1, 0.15) is 5.75 Å². The number of allylic oxidation sites excluding steroid dienone is 2. The molecule has 34 heavy (non-hydrogen) atoms. The lowest BCUT2D eigenvalue weighted by Gasteiger charge is -2.45. The SMILES string of the molecule is CN(C)c1nc(NC2CCC([C@@]3(Oc4ccccc4)NC=CC=C3C(N)=O)CC2)ncc1F.Cl. The van der Waals surface area contributed by atoms with Gasteiger partial charge in [0, 0.05) is 32.3 Å². The lowest BCUT2D eigenvalue weighted by atomic mass is 9.75. The molecular formula is C24H30ClFN6O2. The zero-order valence-electron chi connectivity index (χ0n) is 19.2. The maximum atomic E-state index is 13.9. The van der Waals surface area contributed by atoms with E-state index in [1.165, 1.54) is 6.20 Å². The van der Waals surface area contributed by atoms with E-state index < -0.39 is 17.4 Å². The first kappa shape index (κ1) is 25.3. The number of hydrogen-bond donors (Lipinski definition) is 3. The van der Waals surface area contributed by atoms with Crippen molar-refractivity contribution < 1.29 is 13.9 Å². The second kappa shape index (κ2) is 10.7. The quantitative estimate of drug-likeness (QED) is 0.548. The van der Waals surface area contributed by atoms with Crippen molar-refractivity contribution in [3.8, 4) is 5.75 Å². The fourth-order valence-electron chi connectivity index (χ4n) is 4.53. The monoisotopic (exact) mass is 488 g/mol. The van der Waals surface area contributed by atoms with E-state index in [0.717, 1.165) is 25.7 Å². The van der Waals surface area contributed by atoms with Crippen LogP contribution in [-0.2, 0) is 4.79 Å². The Labute approximate surface area is 204 Å². The van der Waals surface area contributed by atoms with Crippen LogP contribution in [-0.4, -0.2) is 41.7 Å². The zero-order chi connectivity index (χ0) is 23.4. The van der Waals surface area contributed by atoms with Crippen LogP contribution >= 0.6 is 12.4 Å². The lowest BCUT2D eigenvalue weighted by Crippen LogP contribution is -2.59. The molecule has 0 spiro atoms. The number of nitrogens with one attached hydrogen (secondary N) is 2. The van der Waals surface area contributed by atoms with E-state index in [2.05, 4.69) is 20.6 Å². The zero-order valence-corrected chi connectivity index (χ0v) is 20.0. The Morgan fingerprint density at radius 1 is 1.24 bits per heavy atom. The lowest BCUT2D eigenvalue weighted by molar-refractivity contribution is -0.118. The van der Waals surface area contributed by atoms with Gasteiger partial charge in [0.2, 0.25) is 11.7 Å². The molecule has 0 saturated heterocycles. The van der Waals surface area contributed by atoms with E-state index >= 15 is 0 Å². The van der Waals surface area contributed by atoms with Crippen molar-refractivity contribution >= 4 is 30.1 Å². The van der Waals surface area contributed by atoms with E-state index in [9.17, 15) is 9.18 Å². The summed E-state index contributed by atoms with van der Waals surface area (Å²) in [4.78, 5) is 22.4. The van der Waals surface area contributed by atoms with Crippen LogP contribution in [0.15, 0.2) is 60.5 Å². The van der Waals surface area contributed by atoms with Crippen LogP contribution in [0.25, 0.3) is 0 Å². The standard InChI is InChI=1S/C24H29FN6O2.ClH/c1-31(2)22-20(25)15-27-23(30-22)29-17-12-10-16(11-13-17)24(33-18-7-4-3-5-8-18)19(21(26)32)9-6-14-28-24;/h3-9,14-17,28H,10-13H2,1-2H3,(H2,26,32)(H,27,29,30);1H/t16?,17?,24-;/m0./s1. The average molecular weight is 489 g/mol. The van der Waals surface area contributed by atoms with Gasteiger partial charge in [0.05, 0.1) is 11.8 Å². The molecule has 4 rings (SSSR count). The van der Waals surface area contributed by atoms with Gasteiger partial charge in [-0.25, -0.2) is 9.37 Å². The fraction of sp³-hybridized carbons (Fsp3) is 0.375. The van der Waals surface area contributed by atoms with Gasteiger partial charge in [0.25, 0.3) is 5.91 Å². The van der Waals surface area contributed by atoms with E-state index in [4.69, 9.17) is 10.5 Å². The summed E-state index contributed by atoms with van der Waals surface area (Å²) >= 11 is 0. The van der Waals surface area contributed by atoms with Gasteiger partial charge < -0.3 is 26.0 Å². The number of hydrogen-bond acceptors (Lipinski definition) is 7. The van der Waals surface area contributed by atoms with Gasteiger partial charge in [-0.2, -0.15) is 4.98 Å². The van der Waals surface area contributed by atoms with Crippen LogP contribution in [0.2, 0.25) is 0 Å². The van der Waals surface area contributed by atoms with Gasteiger partial charge in [-0.3, -0.25) is 4.79 Å². The minimum atomic E-state index is -1.04. The summed E-state index contributed by atoms with van der Waals surface area (Å²) in [7, 11) is 3.48. The summed E-state index contributed by atoms with van der Waals surface area (Å²) in [5.74, 6) is 0.325. The summed E-state index contributed by atoms with van der Waals surface area (Å²) in [6.45, 7) is 0. The number of nitrogens with zero attached hydrogens (tertiary/aromatic N) is 3. The predicted molar refractivity (Wildman–Crippen MR) is 132 cm³/mol. The number of dihydropyridines is 1. The first-order chi connectivity index (χ1) is 15.9. The number of para-hydroxylation sites is 1. The van der Waals surface area contributed by atoms with Crippen LogP contribution in [0.1, 0.15) is 25.7 Å². The summed E-state index contributed by atoms with van der Waals surface area (Å²) in [6.07, 6.45) is 9.61. The Kier molecular flexibility index (Phi) is 7.98. The molecule has 1 fully saturated rings. The third-order valence-electron chi connectivity index (χ3n) is 6.13. The molecule has 1 amide bonds. The van der Waals surface area contributed by atoms with E-state index in [-0.39, 0.29) is 30.2 Å². The Balaban J connectivity index is 0.00000324. The molecule has 4 N–H and O–H groups in total. The minimum Gasteiger partial charge on any atom is -0.463 e. The molecule has 1 aromatic carbocycles. The molecule has 1 aromatic heterocycles. The van der Waals surface area contributed by atoms with Gasteiger partial charge in [0.15, 0.2) is 11.6 Å². The summed E-state index contributed by atoms with van der Waals surface area (Å²) in [5, 5.41) is 6.63. The van der Waals surface area contributed by atoms with E-state index in [1.54, 1.807) is 37.3 Å². The average Bonchev–Trinajstić information content (AvgIpc) is 2.81. The van der Waals surface area contributed by atoms with Crippen LogP contribution in [0.3, 0.4) is 0 Å². The molecule has 8 nitrogen and oxygen atoms in total. The summed E-state index contributed by atoms with van der Waals surface area (Å²) in [5.41, 5.74) is 5.12. The van der Waals surface area contributed by atoms with Crippen molar-refractivity contribution in [1.29, 1.82) is 0 Å². The fourth-order valence-corrected chi connectivity index (χ4v) is 4.53. The highest BCUT2D eigenvalue weighted by molar-refractivity contribution is 5.94. The number of nitrogens with two attached hydrogens (primary N) is 1. The molecule has 2 heterocycles. The molecule has 1 aliphatic carbocycles. The molecule has 2 aliphatic rings. The smallest absolute Gasteiger partial charge is 0.250 e. The minimum absolute atomic E-state index is 0. The van der Waals surface area contributed by atoms with Crippen molar-refractivity contribution in [3.63, 3.8) is 0 Å². The van der Waals surface area contributed by atoms with Crippen LogP contribution in [0, 0.1) is 11.7 Å². The Morgan fingerprint density at radius 2 is 1.94 bits per heavy atom. The number of amides is 1. The number of carbonyl (C=O) groups excluding carboxylic acids is 1. The van der Waals surface area contributed by atoms with Crippen molar-refractivity contribution in [3.05, 3.63) is 66.3 Å². The molecule has 182 valence electrons. The molecular weight excluding hydrogens is 459 g/mol. The number of aromatic nitrogens is 2. The normalized spacial score (nSPS) is 23.7. The number of primary amides is 1. The number of benzene rings is 1. The third kappa shape index (κ3) is 5.25. The molecule has 1 atom stereocenters. The van der Waals surface area contributed by atoms with E-state index in [0.29, 0.717) is 17.3 Å². The first-order valence-corrected chi connectivity index (χ1v) is 11.0. The molecule has 1 aliphatic heterocycles. The highest BCUT2D eigenvalue weighted by atomic mass is 35.5. The molecule has 0 radical (unpaired) electrons. The van der Waals surface area contributed by atoms with Crippen molar-refractivity contribution in [2.24, 2.45) is 11.7 Å². The highest BCUT2D eigenvalue weighted by Gasteiger charge is 2.48. The molecule has 0 unspecified atom stereocenters. The van der Waals surface area contributed by atoms with Gasteiger partial charge in [-0.15, -0.1) is 12.4 Å². The Bertz CT molecular complexity index is 1060. The highest BCUT2D eigenvalue weighted by Crippen LogP contribution is 2.40. The van der Waals surface area contributed by atoms with Gasteiger partial charge in [-0.1, -0.05) is 18.2 Å². The molecule has 1 saturated carbocycles. The molecule has 2 aromatic rings. The molecule has 0 bridgehead atoms. The number of halogens is 2. The first-order valence-electron chi connectivity index (χ1n) is 11.0.